The maximum absolute atomic E-state index is 6.65. The van der Waals surface area contributed by atoms with E-state index >= 15 is 0 Å². The minimum absolute atomic E-state index is 0.0303. The zero-order valence-electron chi connectivity index (χ0n) is 16.9. The molecule has 0 bridgehead atoms. The number of rotatable bonds is 8. The third-order valence-corrected chi connectivity index (χ3v) is 5.06. The van der Waals surface area contributed by atoms with Crippen molar-refractivity contribution >= 4 is 39.7 Å². The number of benzene rings is 1. The Kier molecular flexibility index (Phi) is 6.62. The number of aromatic nitrogens is 2. The first kappa shape index (κ1) is 20.7. The molecular weight excluding hydrogens is 394 g/mol. The molecule has 0 radical (unpaired) electrons. The minimum atomic E-state index is 0.0303. The van der Waals surface area contributed by atoms with Gasteiger partial charge >= 0.3 is 0 Å². The number of nitrogens with zero attached hydrogens (tertiary/aromatic N) is 2. The van der Waals surface area contributed by atoms with Crippen LogP contribution in [-0.2, 0) is 0 Å². The Bertz CT molecular complexity index is 956. The molecule has 5 nitrogen and oxygen atoms in total. The normalized spacial score (nSPS) is 11.4. The number of thiazole rings is 1. The van der Waals surface area contributed by atoms with Gasteiger partial charge < -0.3 is 14.8 Å². The van der Waals surface area contributed by atoms with Crippen molar-refractivity contribution < 1.29 is 9.47 Å². The average molecular weight is 420 g/mol. The van der Waals surface area contributed by atoms with Gasteiger partial charge in [0.05, 0.1) is 18.2 Å². The van der Waals surface area contributed by atoms with Gasteiger partial charge in [0.15, 0.2) is 0 Å². The van der Waals surface area contributed by atoms with Crippen molar-refractivity contribution in [3.8, 4) is 22.2 Å². The average Bonchev–Trinajstić information content (AvgIpc) is 3.08. The number of ether oxygens (including phenoxy) is 2. The van der Waals surface area contributed by atoms with E-state index in [1.54, 1.807) is 0 Å². The first-order valence-electron chi connectivity index (χ1n) is 9.54. The molecule has 0 fully saturated rings. The van der Waals surface area contributed by atoms with Crippen molar-refractivity contribution in [2.75, 3.05) is 11.9 Å². The molecule has 0 spiro atoms. The highest BCUT2D eigenvalue weighted by molar-refractivity contribution is 7.13. The summed E-state index contributed by atoms with van der Waals surface area (Å²) in [5, 5.41) is 7.49. The lowest BCUT2D eigenvalue weighted by atomic mass is 10.1. The molecule has 2 aromatic heterocycles. The monoisotopic (exact) mass is 419 g/mol. The topological polar surface area (TPSA) is 56.3 Å². The maximum Gasteiger partial charge on any atom is 0.144 e. The van der Waals surface area contributed by atoms with Crippen LogP contribution in [-0.4, -0.2) is 28.7 Å². The largest absolute Gasteiger partial charge is 0.492 e. The van der Waals surface area contributed by atoms with E-state index in [1.165, 1.54) is 11.3 Å². The van der Waals surface area contributed by atoms with Crippen molar-refractivity contribution in [2.24, 2.45) is 0 Å². The Morgan fingerprint density at radius 2 is 1.93 bits per heavy atom. The van der Waals surface area contributed by atoms with Crippen molar-refractivity contribution in [1.82, 2.24) is 9.97 Å². The molecule has 28 heavy (non-hydrogen) atoms. The highest BCUT2D eigenvalue weighted by Crippen LogP contribution is 2.39. The minimum Gasteiger partial charge on any atom is -0.492 e. The third-order valence-electron chi connectivity index (χ3n) is 3.83. The highest BCUT2D eigenvalue weighted by atomic mass is 35.5. The first-order valence-corrected chi connectivity index (χ1v) is 10.8. The van der Waals surface area contributed by atoms with E-state index in [0.29, 0.717) is 28.9 Å². The molecule has 2 heterocycles. The van der Waals surface area contributed by atoms with E-state index < -0.39 is 0 Å². The fourth-order valence-electron chi connectivity index (χ4n) is 2.75. The Labute approximate surface area is 175 Å². The number of hydrogen-bond donors (Lipinski definition) is 1. The van der Waals surface area contributed by atoms with Gasteiger partial charge in [-0.15, -0.1) is 11.3 Å². The van der Waals surface area contributed by atoms with E-state index in [9.17, 15) is 0 Å². The quantitative estimate of drug-likeness (QED) is 0.457. The van der Waals surface area contributed by atoms with E-state index in [-0.39, 0.29) is 6.10 Å². The molecule has 0 atom stereocenters. The standard InChI is InChI=1S/C21H26ClN3O2S/c1-6-9-26-16-8-7-14-17(27-13(4)5)10-15(24-20(14)19(16)22)21-25-18(11-28-21)23-12(2)3/h7-8,10-13,23H,6,9H2,1-5H3. The molecule has 3 aromatic rings. The number of halogens is 1. The van der Waals surface area contributed by atoms with E-state index in [0.717, 1.165) is 34.1 Å². The van der Waals surface area contributed by atoms with Crippen LogP contribution in [0.5, 0.6) is 11.5 Å². The smallest absolute Gasteiger partial charge is 0.144 e. The van der Waals surface area contributed by atoms with Crippen LogP contribution in [0.3, 0.4) is 0 Å². The molecule has 0 aliphatic carbocycles. The number of pyridine rings is 1. The molecule has 150 valence electrons. The van der Waals surface area contributed by atoms with Crippen LogP contribution in [0.25, 0.3) is 21.6 Å². The molecule has 3 rings (SSSR count). The molecule has 0 saturated carbocycles. The van der Waals surface area contributed by atoms with E-state index in [1.807, 2.05) is 37.4 Å². The van der Waals surface area contributed by atoms with Gasteiger partial charge in [-0.05, 0) is 46.2 Å². The highest BCUT2D eigenvalue weighted by Gasteiger charge is 2.17. The molecule has 7 heteroatoms. The second-order valence-electron chi connectivity index (χ2n) is 7.13. The van der Waals surface area contributed by atoms with E-state index in [4.69, 9.17) is 26.1 Å². The number of hydrogen-bond acceptors (Lipinski definition) is 6. The maximum atomic E-state index is 6.65. The summed E-state index contributed by atoms with van der Waals surface area (Å²) in [5.74, 6) is 2.22. The van der Waals surface area contributed by atoms with Gasteiger partial charge in [0.2, 0.25) is 0 Å². The van der Waals surface area contributed by atoms with Crippen molar-refractivity contribution in [1.29, 1.82) is 0 Å². The van der Waals surface area contributed by atoms with Gasteiger partial charge in [0, 0.05) is 22.9 Å². The Morgan fingerprint density at radius 3 is 2.61 bits per heavy atom. The molecule has 0 aliphatic rings. The predicted octanol–water partition coefficient (Wildman–Crippen LogP) is 6.41. The van der Waals surface area contributed by atoms with E-state index in [2.05, 4.69) is 31.1 Å². The predicted molar refractivity (Wildman–Crippen MR) is 118 cm³/mol. The summed E-state index contributed by atoms with van der Waals surface area (Å²) in [7, 11) is 0. The number of anilines is 1. The van der Waals surface area contributed by atoms with Crippen LogP contribution in [0, 0.1) is 0 Å². The summed E-state index contributed by atoms with van der Waals surface area (Å²) in [4.78, 5) is 9.47. The van der Waals surface area contributed by atoms with Crippen LogP contribution in [0.1, 0.15) is 41.0 Å². The summed E-state index contributed by atoms with van der Waals surface area (Å²) in [6.07, 6.45) is 0.941. The fourth-order valence-corrected chi connectivity index (χ4v) is 3.73. The van der Waals surface area contributed by atoms with Gasteiger partial charge in [-0.2, -0.15) is 0 Å². The van der Waals surface area contributed by atoms with Crippen LogP contribution in [0.4, 0.5) is 5.82 Å². The molecule has 1 aromatic carbocycles. The van der Waals surface area contributed by atoms with Crippen LogP contribution < -0.4 is 14.8 Å². The zero-order valence-corrected chi connectivity index (χ0v) is 18.4. The van der Waals surface area contributed by atoms with Gasteiger partial charge in [-0.25, -0.2) is 9.97 Å². The first-order chi connectivity index (χ1) is 13.4. The lowest BCUT2D eigenvalue weighted by Gasteiger charge is -2.15. The summed E-state index contributed by atoms with van der Waals surface area (Å²) >= 11 is 8.19. The number of fused-ring (bicyclic) bond motifs is 1. The molecule has 0 saturated heterocycles. The Morgan fingerprint density at radius 1 is 1.14 bits per heavy atom. The molecule has 0 amide bonds. The van der Waals surface area contributed by atoms with Crippen LogP contribution in [0.15, 0.2) is 23.6 Å². The van der Waals surface area contributed by atoms with Crippen LogP contribution >= 0.6 is 22.9 Å². The zero-order chi connectivity index (χ0) is 20.3. The molecular formula is C21H26ClN3O2S. The number of nitrogens with one attached hydrogen (secondary N) is 1. The van der Waals surface area contributed by atoms with Crippen molar-refractivity contribution in [3.05, 3.63) is 28.6 Å². The van der Waals surface area contributed by atoms with Gasteiger partial charge in [0.1, 0.15) is 33.0 Å². The van der Waals surface area contributed by atoms with Crippen LogP contribution in [0.2, 0.25) is 5.02 Å². The molecule has 0 unspecified atom stereocenters. The summed E-state index contributed by atoms with van der Waals surface area (Å²) < 4.78 is 11.8. The third kappa shape index (κ3) is 4.67. The summed E-state index contributed by atoms with van der Waals surface area (Å²) in [5.41, 5.74) is 1.40. The van der Waals surface area contributed by atoms with Crippen molar-refractivity contribution in [3.63, 3.8) is 0 Å². The lowest BCUT2D eigenvalue weighted by Crippen LogP contribution is -2.09. The summed E-state index contributed by atoms with van der Waals surface area (Å²) in [6, 6.07) is 6.08. The molecule has 0 aliphatic heterocycles. The lowest BCUT2D eigenvalue weighted by molar-refractivity contribution is 0.245. The second-order valence-corrected chi connectivity index (χ2v) is 8.37. The Balaban J connectivity index is 2.11. The van der Waals surface area contributed by atoms with Gasteiger partial charge in [0.25, 0.3) is 0 Å². The fraction of sp³-hybridized carbons (Fsp3) is 0.429. The van der Waals surface area contributed by atoms with Gasteiger partial charge in [-0.1, -0.05) is 18.5 Å². The Hall–Kier alpha value is -2.05. The second kappa shape index (κ2) is 8.97. The summed E-state index contributed by atoms with van der Waals surface area (Å²) in [6.45, 7) is 10.8. The van der Waals surface area contributed by atoms with Gasteiger partial charge in [-0.3, -0.25) is 0 Å². The molecule has 1 N–H and O–H groups in total. The van der Waals surface area contributed by atoms with Crippen molar-refractivity contribution in [2.45, 2.75) is 53.2 Å². The SMILES string of the molecule is CCCOc1ccc2c(OC(C)C)cc(-c3nc(NC(C)C)cs3)nc2c1Cl.